The minimum absolute atomic E-state index is 0.00779. The molecule has 0 heterocycles. The summed E-state index contributed by atoms with van der Waals surface area (Å²) in [5.41, 5.74) is 4.40. The first kappa shape index (κ1) is 31.3. The molecular formula is C35H56O5. The first-order valence-electron chi connectivity index (χ1n) is 15.9. The molecule has 4 rings (SSSR count). The molecule has 5 heteroatoms. The van der Waals surface area contributed by atoms with Gasteiger partial charge in [-0.3, -0.25) is 9.59 Å². The van der Waals surface area contributed by atoms with Gasteiger partial charge in [-0.25, -0.2) is 0 Å². The van der Waals surface area contributed by atoms with Crippen molar-refractivity contribution in [3.05, 3.63) is 23.3 Å². The number of hydrogen-bond donors (Lipinski definition) is 1. The van der Waals surface area contributed by atoms with Gasteiger partial charge in [0.1, 0.15) is 6.10 Å². The van der Waals surface area contributed by atoms with Crippen LogP contribution in [0.15, 0.2) is 23.3 Å². The molecule has 40 heavy (non-hydrogen) atoms. The van der Waals surface area contributed by atoms with Crippen molar-refractivity contribution in [2.24, 2.45) is 45.3 Å². The van der Waals surface area contributed by atoms with E-state index in [0.717, 1.165) is 56.9 Å². The number of fused-ring (bicyclic) bond motifs is 4. The smallest absolute Gasteiger partial charge is 0.303 e. The molecule has 0 aromatic rings. The summed E-state index contributed by atoms with van der Waals surface area (Å²) in [4.78, 5) is 24.6. The van der Waals surface area contributed by atoms with Crippen LogP contribution in [0.25, 0.3) is 0 Å². The molecule has 4 aliphatic carbocycles. The molecule has 1 N–H and O–H groups in total. The Hall–Kier alpha value is -1.62. The van der Waals surface area contributed by atoms with Crippen LogP contribution >= 0.6 is 0 Å². The zero-order valence-corrected chi connectivity index (χ0v) is 27.0. The number of allylic oxidation sites excluding steroid dienone is 2. The van der Waals surface area contributed by atoms with E-state index in [9.17, 15) is 14.7 Å². The zero-order valence-electron chi connectivity index (χ0n) is 27.0. The fourth-order valence-corrected chi connectivity index (χ4v) is 10.3. The second-order valence-corrected chi connectivity index (χ2v) is 15.4. The molecule has 2 saturated carbocycles. The van der Waals surface area contributed by atoms with Crippen molar-refractivity contribution in [3.8, 4) is 0 Å². The normalized spacial score (nSPS) is 39.0. The molecule has 2 fully saturated rings. The van der Waals surface area contributed by atoms with Gasteiger partial charge in [-0.05, 0) is 96.4 Å². The Morgan fingerprint density at radius 3 is 2.08 bits per heavy atom. The standard InChI is InChI=1S/C35H56O5/c1-20(2)21(3)30(39-23(5)36)31(40-24(6)37)22(4)25-14-18-35(11)27-12-13-28-32(7,8)29(38)16-17-33(28,9)26(27)15-19-34(25,35)10/h20,22,25,28-31,38H,3,12-19H2,1-2,4-11H3/t22-,25+,28?,29-,30?,31?,33+,34+,35-/m0/s1. The fourth-order valence-electron chi connectivity index (χ4n) is 10.3. The largest absolute Gasteiger partial charge is 0.458 e. The van der Waals surface area contributed by atoms with Gasteiger partial charge in [0.05, 0.1) is 6.10 Å². The summed E-state index contributed by atoms with van der Waals surface area (Å²) < 4.78 is 11.9. The minimum Gasteiger partial charge on any atom is -0.458 e. The van der Waals surface area contributed by atoms with Crippen molar-refractivity contribution in [2.75, 3.05) is 0 Å². The maximum atomic E-state index is 12.4. The Morgan fingerprint density at radius 1 is 0.875 bits per heavy atom. The van der Waals surface area contributed by atoms with Crippen LogP contribution in [0.5, 0.6) is 0 Å². The summed E-state index contributed by atoms with van der Waals surface area (Å²) in [6.07, 6.45) is 7.17. The van der Waals surface area contributed by atoms with Crippen LogP contribution in [-0.4, -0.2) is 35.4 Å². The summed E-state index contributed by atoms with van der Waals surface area (Å²) in [5.74, 6) is 0.203. The number of ether oxygens (including phenoxy) is 2. The molecule has 0 radical (unpaired) electrons. The van der Waals surface area contributed by atoms with Gasteiger partial charge < -0.3 is 14.6 Å². The summed E-state index contributed by atoms with van der Waals surface area (Å²) in [7, 11) is 0. The molecule has 226 valence electrons. The zero-order chi connectivity index (χ0) is 30.0. The van der Waals surface area contributed by atoms with Crippen LogP contribution < -0.4 is 0 Å². The molecule has 9 atom stereocenters. The van der Waals surface area contributed by atoms with Gasteiger partial charge in [-0.15, -0.1) is 0 Å². The van der Waals surface area contributed by atoms with E-state index in [0.29, 0.717) is 11.8 Å². The highest BCUT2D eigenvalue weighted by Gasteiger charge is 2.64. The van der Waals surface area contributed by atoms with Crippen molar-refractivity contribution in [3.63, 3.8) is 0 Å². The Morgan fingerprint density at radius 2 is 1.50 bits per heavy atom. The van der Waals surface area contributed by atoms with Crippen molar-refractivity contribution < 1.29 is 24.2 Å². The minimum atomic E-state index is -0.657. The highest BCUT2D eigenvalue weighted by Crippen LogP contribution is 2.72. The maximum Gasteiger partial charge on any atom is 0.303 e. The van der Waals surface area contributed by atoms with Crippen molar-refractivity contribution in [2.45, 2.75) is 139 Å². The number of carbonyl (C=O) groups excluding carboxylic acids is 2. The first-order chi connectivity index (χ1) is 18.4. The van der Waals surface area contributed by atoms with Gasteiger partial charge in [-0.2, -0.15) is 0 Å². The molecular weight excluding hydrogens is 500 g/mol. The average molecular weight is 557 g/mol. The Bertz CT molecular complexity index is 1070. The number of aliphatic hydroxyl groups excluding tert-OH is 1. The molecule has 0 bridgehead atoms. The summed E-state index contributed by atoms with van der Waals surface area (Å²) in [6, 6.07) is 0. The van der Waals surface area contributed by atoms with Crippen molar-refractivity contribution in [1.29, 1.82) is 0 Å². The first-order valence-corrected chi connectivity index (χ1v) is 15.9. The van der Waals surface area contributed by atoms with Crippen LogP contribution in [-0.2, 0) is 19.1 Å². The average Bonchev–Trinajstić information content (AvgIpc) is 3.14. The van der Waals surface area contributed by atoms with E-state index in [2.05, 4.69) is 48.1 Å². The summed E-state index contributed by atoms with van der Waals surface area (Å²) in [6.45, 7) is 25.5. The fraction of sp³-hybridized carbons (Fsp3) is 0.829. The maximum absolute atomic E-state index is 12.4. The van der Waals surface area contributed by atoms with E-state index in [1.807, 2.05) is 13.8 Å². The second kappa shape index (κ2) is 10.6. The van der Waals surface area contributed by atoms with E-state index >= 15 is 0 Å². The van der Waals surface area contributed by atoms with Gasteiger partial charge in [0.2, 0.25) is 0 Å². The van der Waals surface area contributed by atoms with E-state index in [1.165, 1.54) is 13.8 Å². The van der Waals surface area contributed by atoms with Gasteiger partial charge in [0, 0.05) is 19.8 Å². The lowest BCUT2D eigenvalue weighted by molar-refractivity contribution is -0.170. The van der Waals surface area contributed by atoms with Crippen molar-refractivity contribution >= 4 is 11.9 Å². The molecule has 0 amide bonds. The number of hydrogen-bond acceptors (Lipinski definition) is 5. The number of carbonyl (C=O) groups is 2. The molecule has 4 aliphatic rings. The van der Waals surface area contributed by atoms with Crippen LogP contribution in [0, 0.1) is 45.3 Å². The van der Waals surface area contributed by atoms with Gasteiger partial charge in [-0.1, -0.05) is 73.1 Å². The molecule has 0 saturated heterocycles. The third-order valence-electron chi connectivity index (χ3n) is 12.9. The Kier molecular flexibility index (Phi) is 8.28. The highest BCUT2D eigenvalue weighted by molar-refractivity contribution is 5.67. The van der Waals surface area contributed by atoms with Crippen molar-refractivity contribution in [1.82, 2.24) is 0 Å². The molecule has 0 spiro atoms. The molecule has 0 aromatic heterocycles. The summed E-state index contributed by atoms with van der Waals surface area (Å²) in [5, 5.41) is 10.9. The SMILES string of the molecule is C=C(C(C)C)C(OC(C)=O)C(OC(C)=O)[C@@H](C)[C@H]1CC[C@@]2(C)C3=C(CC[C@]12C)[C@@]1(C)CC[C@H](O)C(C)(C)C1CC3. The lowest BCUT2D eigenvalue weighted by Crippen LogP contribution is -2.55. The van der Waals surface area contributed by atoms with Gasteiger partial charge in [0.15, 0.2) is 6.10 Å². The predicted molar refractivity (Wildman–Crippen MR) is 159 cm³/mol. The quantitative estimate of drug-likeness (QED) is 0.256. The lowest BCUT2D eigenvalue weighted by Gasteiger charge is -2.62. The Balaban J connectivity index is 1.72. The van der Waals surface area contributed by atoms with E-state index in [1.54, 1.807) is 11.1 Å². The summed E-state index contributed by atoms with van der Waals surface area (Å²) >= 11 is 0. The number of aliphatic hydroxyl groups is 1. The number of rotatable bonds is 7. The van der Waals surface area contributed by atoms with Crippen LogP contribution in [0.1, 0.15) is 121 Å². The molecule has 5 nitrogen and oxygen atoms in total. The van der Waals surface area contributed by atoms with Crippen LogP contribution in [0.3, 0.4) is 0 Å². The van der Waals surface area contributed by atoms with Gasteiger partial charge >= 0.3 is 11.9 Å². The second-order valence-electron chi connectivity index (χ2n) is 15.4. The van der Waals surface area contributed by atoms with Crippen LogP contribution in [0.4, 0.5) is 0 Å². The number of esters is 2. The lowest BCUT2D eigenvalue weighted by atomic mass is 9.43. The predicted octanol–water partition coefficient (Wildman–Crippen LogP) is 7.81. The third kappa shape index (κ3) is 4.71. The topological polar surface area (TPSA) is 72.8 Å². The van der Waals surface area contributed by atoms with Crippen LogP contribution in [0.2, 0.25) is 0 Å². The monoisotopic (exact) mass is 556 g/mol. The molecule has 0 aliphatic heterocycles. The highest BCUT2D eigenvalue weighted by atomic mass is 16.6. The molecule has 0 aromatic carbocycles. The van der Waals surface area contributed by atoms with E-state index in [-0.39, 0.29) is 51.5 Å². The van der Waals surface area contributed by atoms with E-state index in [4.69, 9.17) is 9.47 Å². The third-order valence-corrected chi connectivity index (χ3v) is 12.9. The molecule has 3 unspecified atom stereocenters. The van der Waals surface area contributed by atoms with Gasteiger partial charge in [0.25, 0.3) is 0 Å². The van der Waals surface area contributed by atoms with E-state index < -0.39 is 12.2 Å². The Labute approximate surface area is 243 Å².